The number of unbranched alkanes of at least 4 members (excludes halogenated alkanes) is 1. The molecule has 0 aliphatic heterocycles. The molecule has 2 aliphatic carbocycles. The molecule has 0 spiro atoms. The van der Waals surface area contributed by atoms with Gasteiger partial charge in [-0.15, -0.1) is 0 Å². The maximum Gasteiger partial charge on any atom is -0.0206 e. The van der Waals surface area contributed by atoms with Gasteiger partial charge in [-0.1, -0.05) is 58.1 Å². The molecular formula is C21H38. The Labute approximate surface area is 133 Å². The van der Waals surface area contributed by atoms with E-state index in [2.05, 4.69) is 20.4 Å². The highest BCUT2D eigenvalue weighted by molar-refractivity contribution is 5.02. The predicted octanol–water partition coefficient (Wildman–Crippen LogP) is 7.15. The Bertz CT molecular complexity index is 287. The van der Waals surface area contributed by atoms with Crippen LogP contribution in [-0.2, 0) is 0 Å². The molecule has 0 radical (unpaired) electrons. The highest BCUT2D eigenvalue weighted by Crippen LogP contribution is 2.43. The van der Waals surface area contributed by atoms with Gasteiger partial charge >= 0.3 is 0 Å². The van der Waals surface area contributed by atoms with Gasteiger partial charge in [0, 0.05) is 0 Å². The molecule has 0 bridgehead atoms. The van der Waals surface area contributed by atoms with Crippen LogP contribution in [0.5, 0.6) is 0 Å². The zero-order valence-electron chi connectivity index (χ0n) is 14.7. The standard InChI is InChI=1S/C21H38/c1-4-6-8-17(3)19-13-15-21(16-14-19)20-11-9-18(7-5-2)10-12-20/h18-21H,3-16H2,1-2H3. The molecule has 0 unspecified atom stereocenters. The maximum absolute atomic E-state index is 4.38. The number of rotatable bonds is 7. The fourth-order valence-corrected chi connectivity index (χ4v) is 4.96. The first-order chi connectivity index (χ1) is 10.2. The second-order valence-electron chi connectivity index (χ2n) is 7.94. The van der Waals surface area contributed by atoms with Gasteiger partial charge in [-0.25, -0.2) is 0 Å². The summed E-state index contributed by atoms with van der Waals surface area (Å²) >= 11 is 0. The van der Waals surface area contributed by atoms with Gasteiger partial charge in [0.1, 0.15) is 0 Å². The van der Waals surface area contributed by atoms with Gasteiger partial charge in [-0.3, -0.25) is 0 Å². The molecule has 0 saturated heterocycles. The lowest BCUT2D eigenvalue weighted by atomic mass is 9.67. The van der Waals surface area contributed by atoms with Crippen LogP contribution in [0.3, 0.4) is 0 Å². The Morgan fingerprint density at radius 1 is 0.810 bits per heavy atom. The Morgan fingerprint density at radius 3 is 1.90 bits per heavy atom. The largest absolute Gasteiger partial charge is 0.0996 e. The molecule has 0 nitrogen and oxygen atoms in total. The SMILES string of the molecule is C=C(CCCC)C1CCC(C2CCC(CCC)CC2)CC1. The fourth-order valence-electron chi connectivity index (χ4n) is 4.96. The van der Waals surface area contributed by atoms with Gasteiger partial charge in [0.25, 0.3) is 0 Å². The molecule has 0 heteroatoms. The molecule has 2 fully saturated rings. The van der Waals surface area contributed by atoms with Gasteiger partial charge in [0.15, 0.2) is 0 Å². The second kappa shape index (κ2) is 9.01. The molecule has 122 valence electrons. The van der Waals surface area contributed by atoms with Gasteiger partial charge in [-0.2, -0.15) is 0 Å². The van der Waals surface area contributed by atoms with Crippen LogP contribution < -0.4 is 0 Å². The van der Waals surface area contributed by atoms with Gasteiger partial charge in [0.05, 0.1) is 0 Å². The van der Waals surface area contributed by atoms with E-state index in [1.165, 1.54) is 83.5 Å². The van der Waals surface area contributed by atoms with E-state index in [1.807, 2.05) is 0 Å². The minimum absolute atomic E-state index is 0.865. The minimum atomic E-state index is 0.865. The Hall–Kier alpha value is -0.260. The summed E-state index contributed by atoms with van der Waals surface area (Å²) in [7, 11) is 0. The summed E-state index contributed by atoms with van der Waals surface area (Å²) in [6.45, 7) is 9.02. The lowest BCUT2D eigenvalue weighted by Gasteiger charge is -2.38. The van der Waals surface area contributed by atoms with E-state index in [0.29, 0.717) is 0 Å². The third-order valence-corrected chi connectivity index (χ3v) is 6.46. The van der Waals surface area contributed by atoms with E-state index >= 15 is 0 Å². The Morgan fingerprint density at radius 2 is 1.38 bits per heavy atom. The van der Waals surface area contributed by atoms with Gasteiger partial charge in [0.2, 0.25) is 0 Å². The molecule has 0 amide bonds. The van der Waals surface area contributed by atoms with Crippen molar-refractivity contribution in [3.8, 4) is 0 Å². The van der Waals surface area contributed by atoms with Crippen molar-refractivity contribution in [2.45, 2.75) is 97.3 Å². The third kappa shape index (κ3) is 5.15. The maximum atomic E-state index is 4.38. The van der Waals surface area contributed by atoms with Crippen molar-refractivity contribution < 1.29 is 0 Å². The normalized spacial score (nSPS) is 33.8. The van der Waals surface area contributed by atoms with Crippen LogP contribution >= 0.6 is 0 Å². The molecule has 0 N–H and O–H groups in total. The average Bonchev–Trinajstić information content (AvgIpc) is 2.54. The number of hydrogen-bond acceptors (Lipinski definition) is 0. The van der Waals surface area contributed by atoms with Crippen molar-refractivity contribution in [1.29, 1.82) is 0 Å². The van der Waals surface area contributed by atoms with Crippen molar-refractivity contribution in [3.63, 3.8) is 0 Å². The van der Waals surface area contributed by atoms with Crippen LogP contribution in [-0.4, -0.2) is 0 Å². The molecule has 0 atom stereocenters. The van der Waals surface area contributed by atoms with Crippen molar-refractivity contribution in [1.82, 2.24) is 0 Å². The molecule has 21 heavy (non-hydrogen) atoms. The van der Waals surface area contributed by atoms with E-state index in [0.717, 1.165) is 23.7 Å². The monoisotopic (exact) mass is 290 g/mol. The van der Waals surface area contributed by atoms with E-state index in [-0.39, 0.29) is 0 Å². The van der Waals surface area contributed by atoms with Gasteiger partial charge in [-0.05, 0) is 75.0 Å². The van der Waals surface area contributed by atoms with Crippen LogP contribution in [0.2, 0.25) is 0 Å². The smallest absolute Gasteiger partial charge is 0.0206 e. The lowest BCUT2D eigenvalue weighted by molar-refractivity contribution is 0.149. The van der Waals surface area contributed by atoms with E-state index in [4.69, 9.17) is 0 Å². The molecule has 2 saturated carbocycles. The molecule has 0 heterocycles. The van der Waals surface area contributed by atoms with Crippen LogP contribution in [0, 0.1) is 23.7 Å². The third-order valence-electron chi connectivity index (χ3n) is 6.46. The minimum Gasteiger partial charge on any atom is -0.0996 e. The fraction of sp³-hybridized carbons (Fsp3) is 0.905. The first-order valence-corrected chi connectivity index (χ1v) is 9.92. The lowest BCUT2D eigenvalue weighted by Crippen LogP contribution is -2.26. The average molecular weight is 291 g/mol. The topological polar surface area (TPSA) is 0 Å². The second-order valence-corrected chi connectivity index (χ2v) is 7.94. The molecule has 0 aromatic heterocycles. The molecular weight excluding hydrogens is 252 g/mol. The van der Waals surface area contributed by atoms with Crippen LogP contribution in [0.25, 0.3) is 0 Å². The van der Waals surface area contributed by atoms with Crippen LogP contribution in [0.1, 0.15) is 97.3 Å². The predicted molar refractivity (Wildman–Crippen MR) is 94.5 cm³/mol. The van der Waals surface area contributed by atoms with Crippen LogP contribution in [0.4, 0.5) is 0 Å². The molecule has 2 rings (SSSR count). The summed E-state index contributed by atoms with van der Waals surface area (Å²) in [5.74, 6) is 4.06. The summed E-state index contributed by atoms with van der Waals surface area (Å²) in [6, 6.07) is 0. The first kappa shape index (κ1) is 17.1. The van der Waals surface area contributed by atoms with Gasteiger partial charge < -0.3 is 0 Å². The first-order valence-electron chi connectivity index (χ1n) is 9.92. The molecule has 0 aromatic carbocycles. The summed E-state index contributed by atoms with van der Waals surface area (Å²) in [5.41, 5.74) is 1.57. The summed E-state index contributed by atoms with van der Waals surface area (Å²) in [4.78, 5) is 0. The Kier molecular flexibility index (Phi) is 7.34. The summed E-state index contributed by atoms with van der Waals surface area (Å²) in [6.07, 6.45) is 18.8. The summed E-state index contributed by atoms with van der Waals surface area (Å²) < 4.78 is 0. The van der Waals surface area contributed by atoms with Crippen molar-refractivity contribution in [2.24, 2.45) is 23.7 Å². The number of allylic oxidation sites excluding steroid dienone is 1. The van der Waals surface area contributed by atoms with E-state index in [1.54, 1.807) is 5.57 Å². The quantitative estimate of drug-likeness (QED) is 0.437. The van der Waals surface area contributed by atoms with E-state index < -0.39 is 0 Å². The highest BCUT2D eigenvalue weighted by atomic mass is 14.4. The zero-order valence-corrected chi connectivity index (χ0v) is 14.7. The van der Waals surface area contributed by atoms with Crippen molar-refractivity contribution in [2.75, 3.05) is 0 Å². The number of hydrogen-bond donors (Lipinski definition) is 0. The highest BCUT2D eigenvalue weighted by Gasteiger charge is 2.31. The zero-order chi connectivity index (χ0) is 15.1. The van der Waals surface area contributed by atoms with E-state index in [9.17, 15) is 0 Å². The van der Waals surface area contributed by atoms with Crippen LogP contribution in [0.15, 0.2) is 12.2 Å². The van der Waals surface area contributed by atoms with Crippen molar-refractivity contribution >= 4 is 0 Å². The molecule has 0 aromatic rings. The summed E-state index contributed by atoms with van der Waals surface area (Å²) in [5, 5.41) is 0. The molecule has 2 aliphatic rings. The Balaban J connectivity index is 1.68. The van der Waals surface area contributed by atoms with Crippen molar-refractivity contribution in [3.05, 3.63) is 12.2 Å².